The van der Waals surface area contributed by atoms with Crippen LogP contribution in [-0.4, -0.2) is 60.0 Å². The molecular weight excluding hydrogens is 340 g/mol. The van der Waals surface area contributed by atoms with E-state index in [4.69, 9.17) is 9.84 Å². The first-order valence-electron chi connectivity index (χ1n) is 6.79. The van der Waals surface area contributed by atoms with E-state index in [0.717, 1.165) is 10.9 Å². The summed E-state index contributed by atoms with van der Waals surface area (Å²) in [6.45, 7) is -0.618. The zero-order chi connectivity index (χ0) is 17.6. The van der Waals surface area contributed by atoms with Crippen molar-refractivity contribution in [2.24, 2.45) is 0 Å². The molecule has 0 spiro atoms. The molecule has 1 fully saturated rings. The number of aliphatic hydroxyl groups excluding tert-OH is 3. The molecule has 1 aliphatic rings. The van der Waals surface area contributed by atoms with Gasteiger partial charge in [0, 0.05) is 0 Å². The lowest BCUT2D eigenvalue weighted by molar-refractivity contribution is -0.0567. The van der Waals surface area contributed by atoms with Crippen LogP contribution in [0.1, 0.15) is 30.6 Å². The Balaban J connectivity index is 2.13. The molecule has 1 aliphatic heterocycles. The fourth-order valence-corrected chi connectivity index (χ4v) is 2.50. The lowest BCUT2D eigenvalue weighted by Crippen LogP contribution is -2.33. The van der Waals surface area contributed by atoms with Gasteiger partial charge in [0.05, 0.1) is 18.2 Å². The Morgan fingerprint density at radius 3 is 2.38 bits per heavy atom. The summed E-state index contributed by atoms with van der Waals surface area (Å²) in [5, 5.41) is 32.2. The van der Waals surface area contributed by atoms with Gasteiger partial charge >= 0.3 is 0 Å². The fraction of sp³-hybridized carbons (Fsp3) is 0.583. The van der Waals surface area contributed by atoms with Crippen LogP contribution in [0.2, 0.25) is 0 Å². The van der Waals surface area contributed by atoms with Crippen LogP contribution in [0.5, 0.6) is 0 Å². The number of ether oxygens (including phenoxy) is 1. The Hall–Kier alpha value is -1.89. The Labute approximate surface area is 131 Å². The summed E-state index contributed by atoms with van der Waals surface area (Å²) in [7, 11) is 0. The second kappa shape index (κ2) is 6.20. The van der Waals surface area contributed by atoms with Gasteiger partial charge in [0.1, 0.15) is 24.0 Å². The standard InChI is InChI=1S/C12H12F4N4O4/c13-8(14)5-3-1-17-20(11(3)19-10(18-5)9(15)16)12-7(23)6(22)4(2-21)24-12/h1,4,6-9,12,21-23H,2H2. The molecular formula is C12H12F4N4O4. The zero-order valence-corrected chi connectivity index (χ0v) is 11.8. The number of hydrogen-bond donors (Lipinski definition) is 3. The number of hydrogen-bond acceptors (Lipinski definition) is 7. The third kappa shape index (κ3) is 2.60. The number of fused-ring (bicyclic) bond motifs is 1. The van der Waals surface area contributed by atoms with Crippen LogP contribution in [0.15, 0.2) is 6.20 Å². The van der Waals surface area contributed by atoms with E-state index < -0.39 is 61.2 Å². The molecule has 3 heterocycles. The van der Waals surface area contributed by atoms with Gasteiger partial charge in [-0.1, -0.05) is 0 Å². The number of halogens is 4. The van der Waals surface area contributed by atoms with Crippen LogP contribution < -0.4 is 0 Å². The van der Waals surface area contributed by atoms with E-state index in [2.05, 4.69) is 15.1 Å². The Morgan fingerprint density at radius 2 is 1.83 bits per heavy atom. The Morgan fingerprint density at radius 1 is 1.12 bits per heavy atom. The molecule has 2 aromatic rings. The molecule has 0 bridgehead atoms. The van der Waals surface area contributed by atoms with Gasteiger partial charge in [0.15, 0.2) is 17.7 Å². The van der Waals surface area contributed by atoms with E-state index >= 15 is 0 Å². The van der Waals surface area contributed by atoms with Gasteiger partial charge in [-0.3, -0.25) is 0 Å². The highest BCUT2D eigenvalue weighted by molar-refractivity contribution is 5.77. The molecule has 12 heteroatoms. The van der Waals surface area contributed by atoms with Gasteiger partial charge in [-0.25, -0.2) is 32.2 Å². The van der Waals surface area contributed by atoms with Crippen LogP contribution in [-0.2, 0) is 4.74 Å². The van der Waals surface area contributed by atoms with Crippen LogP contribution in [0.3, 0.4) is 0 Å². The second-order valence-corrected chi connectivity index (χ2v) is 5.12. The Bertz CT molecular complexity index is 743. The molecule has 0 aromatic carbocycles. The largest absolute Gasteiger partial charge is 0.394 e. The van der Waals surface area contributed by atoms with E-state index in [1.54, 1.807) is 0 Å². The van der Waals surface area contributed by atoms with Crippen molar-refractivity contribution in [3.63, 3.8) is 0 Å². The van der Waals surface area contributed by atoms with E-state index in [1.165, 1.54) is 0 Å². The average molecular weight is 352 g/mol. The minimum Gasteiger partial charge on any atom is -0.394 e. The van der Waals surface area contributed by atoms with Crippen LogP contribution in [0, 0.1) is 0 Å². The number of alkyl halides is 4. The quantitative estimate of drug-likeness (QED) is 0.679. The van der Waals surface area contributed by atoms with Crippen molar-refractivity contribution in [3.8, 4) is 0 Å². The van der Waals surface area contributed by atoms with E-state index in [-0.39, 0.29) is 5.39 Å². The first kappa shape index (κ1) is 17.0. The predicted molar refractivity (Wildman–Crippen MR) is 68.2 cm³/mol. The summed E-state index contributed by atoms with van der Waals surface area (Å²) < 4.78 is 57.8. The third-order valence-electron chi connectivity index (χ3n) is 3.66. The highest BCUT2D eigenvalue weighted by Gasteiger charge is 2.44. The fourth-order valence-electron chi connectivity index (χ4n) is 2.50. The summed E-state index contributed by atoms with van der Waals surface area (Å²) in [4.78, 5) is 6.65. The first-order valence-corrected chi connectivity index (χ1v) is 6.79. The smallest absolute Gasteiger partial charge is 0.297 e. The number of nitrogens with zero attached hydrogens (tertiary/aromatic N) is 4. The molecule has 24 heavy (non-hydrogen) atoms. The number of aliphatic hydroxyl groups is 3. The molecule has 0 saturated carbocycles. The average Bonchev–Trinajstić information content (AvgIpc) is 3.08. The molecule has 3 rings (SSSR count). The lowest BCUT2D eigenvalue weighted by Gasteiger charge is -2.16. The molecule has 0 radical (unpaired) electrons. The molecule has 0 aliphatic carbocycles. The van der Waals surface area contributed by atoms with Crippen molar-refractivity contribution in [1.29, 1.82) is 0 Å². The van der Waals surface area contributed by atoms with Crippen LogP contribution in [0.25, 0.3) is 11.0 Å². The number of aromatic nitrogens is 4. The van der Waals surface area contributed by atoms with E-state index in [0.29, 0.717) is 0 Å². The SMILES string of the molecule is OCC1OC(n2ncc3c(C(F)F)nc(C(F)F)nc32)C(O)C1O. The van der Waals surface area contributed by atoms with Crippen molar-refractivity contribution in [2.45, 2.75) is 37.4 Å². The van der Waals surface area contributed by atoms with E-state index in [1.807, 2.05) is 0 Å². The summed E-state index contributed by atoms with van der Waals surface area (Å²) >= 11 is 0. The van der Waals surface area contributed by atoms with Gasteiger partial charge in [-0.05, 0) is 0 Å². The highest BCUT2D eigenvalue weighted by atomic mass is 19.3. The van der Waals surface area contributed by atoms with Gasteiger partial charge in [-0.15, -0.1) is 0 Å². The van der Waals surface area contributed by atoms with Crippen LogP contribution in [0.4, 0.5) is 17.6 Å². The predicted octanol–water partition coefficient (Wildman–Crippen LogP) is 0.313. The van der Waals surface area contributed by atoms with Crippen molar-refractivity contribution in [2.75, 3.05) is 6.61 Å². The van der Waals surface area contributed by atoms with E-state index in [9.17, 15) is 27.8 Å². The maximum atomic E-state index is 13.1. The van der Waals surface area contributed by atoms with Crippen molar-refractivity contribution >= 4 is 11.0 Å². The maximum Gasteiger partial charge on any atom is 0.297 e. The van der Waals surface area contributed by atoms with Crippen molar-refractivity contribution in [3.05, 3.63) is 17.7 Å². The second-order valence-electron chi connectivity index (χ2n) is 5.12. The Kier molecular flexibility index (Phi) is 4.38. The minimum absolute atomic E-state index is 0.285. The molecule has 4 unspecified atom stereocenters. The topological polar surface area (TPSA) is 114 Å². The van der Waals surface area contributed by atoms with Gasteiger partial charge in [-0.2, -0.15) is 5.10 Å². The molecule has 3 N–H and O–H groups in total. The molecule has 8 nitrogen and oxygen atoms in total. The highest BCUT2D eigenvalue weighted by Crippen LogP contribution is 2.33. The van der Waals surface area contributed by atoms with Crippen molar-refractivity contribution in [1.82, 2.24) is 19.7 Å². The van der Waals surface area contributed by atoms with Crippen molar-refractivity contribution < 1.29 is 37.6 Å². The number of rotatable bonds is 4. The van der Waals surface area contributed by atoms with Gasteiger partial charge in [0.2, 0.25) is 0 Å². The summed E-state index contributed by atoms with van der Waals surface area (Å²) in [5.41, 5.74) is -1.32. The molecule has 2 aromatic heterocycles. The van der Waals surface area contributed by atoms with Crippen LogP contribution >= 0.6 is 0 Å². The molecule has 0 amide bonds. The third-order valence-corrected chi connectivity index (χ3v) is 3.66. The zero-order valence-electron chi connectivity index (χ0n) is 11.8. The monoisotopic (exact) mass is 352 g/mol. The normalized spacial score (nSPS) is 27.7. The summed E-state index contributed by atoms with van der Waals surface area (Å²) in [5.74, 6) is -1.12. The molecule has 4 atom stereocenters. The van der Waals surface area contributed by atoms with Gasteiger partial charge in [0.25, 0.3) is 12.9 Å². The molecule has 1 saturated heterocycles. The molecule has 132 valence electrons. The summed E-state index contributed by atoms with van der Waals surface area (Å²) in [6.07, 6.45) is -11.0. The first-order chi connectivity index (χ1) is 11.3. The van der Waals surface area contributed by atoms with Gasteiger partial charge < -0.3 is 20.1 Å². The lowest BCUT2D eigenvalue weighted by atomic mass is 10.1. The summed E-state index contributed by atoms with van der Waals surface area (Å²) in [6, 6.07) is 0. The maximum absolute atomic E-state index is 13.1. The minimum atomic E-state index is -3.19.